The first-order valence-electron chi connectivity index (χ1n) is 10.3. The molecule has 158 valence electrons. The Morgan fingerprint density at radius 2 is 1.93 bits per heavy atom. The number of amides is 3. The highest BCUT2D eigenvalue weighted by Gasteiger charge is 2.38. The number of piperazine rings is 1. The number of carbonyl (C=O) groups is 2. The second-order valence-electron chi connectivity index (χ2n) is 7.86. The van der Waals surface area contributed by atoms with Gasteiger partial charge in [-0.15, -0.1) is 0 Å². The third-order valence-electron chi connectivity index (χ3n) is 6.05. The molecule has 0 radical (unpaired) electrons. The number of ether oxygens (including phenoxy) is 1. The fraction of sp³-hybridized carbons (Fsp3) is 0.391. The molecule has 2 heterocycles. The number of halogens is 1. The zero-order valence-electron chi connectivity index (χ0n) is 16.8. The molecule has 2 aliphatic rings. The van der Waals surface area contributed by atoms with E-state index in [1.54, 1.807) is 4.90 Å². The molecule has 4 rings (SSSR count). The normalized spacial score (nSPS) is 21.0. The van der Waals surface area contributed by atoms with Gasteiger partial charge in [0.05, 0.1) is 0 Å². The van der Waals surface area contributed by atoms with Crippen molar-refractivity contribution in [3.8, 4) is 0 Å². The number of hydrogen-bond acceptors (Lipinski definition) is 3. The van der Waals surface area contributed by atoms with Gasteiger partial charge in [-0.05, 0) is 36.1 Å². The summed E-state index contributed by atoms with van der Waals surface area (Å²) >= 11 is 6.24. The third kappa shape index (κ3) is 4.30. The first-order valence-corrected chi connectivity index (χ1v) is 10.7. The van der Waals surface area contributed by atoms with E-state index in [1.165, 1.54) is 0 Å². The lowest BCUT2D eigenvalue weighted by Crippen LogP contribution is -2.56. The second kappa shape index (κ2) is 9.06. The van der Waals surface area contributed by atoms with E-state index in [9.17, 15) is 9.59 Å². The lowest BCUT2D eigenvalue weighted by Gasteiger charge is -2.40. The molecule has 2 aromatic carbocycles. The first-order chi connectivity index (χ1) is 14.6. The molecule has 0 spiro atoms. The number of nitrogens with zero attached hydrogens (tertiary/aromatic N) is 1. The Kier molecular flexibility index (Phi) is 6.25. The highest BCUT2D eigenvalue weighted by molar-refractivity contribution is 6.30. The smallest absolute Gasteiger partial charge is 0.318 e. The van der Waals surface area contributed by atoms with Crippen LogP contribution in [0.1, 0.15) is 30.0 Å². The predicted octanol–water partition coefficient (Wildman–Crippen LogP) is 3.27. The van der Waals surface area contributed by atoms with Gasteiger partial charge in [-0.25, -0.2) is 4.79 Å². The van der Waals surface area contributed by atoms with Crippen molar-refractivity contribution in [3.05, 3.63) is 70.7 Å². The molecule has 0 aromatic heterocycles. The highest BCUT2D eigenvalue weighted by atomic mass is 35.5. The van der Waals surface area contributed by atoms with Crippen LogP contribution in [0.5, 0.6) is 0 Å². The summed E-state index contributed by atoms with van der Waals surface area (Å²) < 4.78 is 5.58. The van der Waals surface area contributed by atoms with Crippen LogP contribution < -0.4 is 10.6 Å². The Morgan fingerprint density at radius 1 is 1.17 bits per heavy atom. The van der Waals surface area contributed by atoms with Crippen LogP contribution >= 0.6 is 11.6 Å². The number of hydrogen-bond donors (Lipinski definition) is 2. The number of nitrogens with one attached hydrogen (secondary N) is 2. The minimum atomic E-state index is -0.628. The molecule has 1 atom stereocenters. The molecule has 1 unspecified atom stereocenters. The monoisotopic (exact) mass is 427 g/mol. The van der Waals surface area contributed by atoms with Gasteiger partial charge in [-0.1, -0.05) is 54.1 Å². The van der Waals surface area contributed by atoms with Crippen molar-refractivity contribution < 1.29 is 14.3 Å². The topological polar surface area (TPSA) is 70.7 Å². The number of carbonyl (C=O) groups excluding carboxylic acids is 2. The van der Waals surface area contributed by atoms with Crippen molar-refractivity contribution >= 4 is 23.5 Å². The zero-order valence-corrected chi connectivity index (χ0v) is 17.5. The van der Waals surface area contributed by atoms with Crippen molar-refractivity contribution in [2.24, 2.45) is 0 Å². The molecule has 2 aliphatic heterocycles. The quantitative estimate of drug-likeness (QED) is 0.786. The van der Waals surface area contributed by atoms with Gasteiger partial charge in [0.25, 0.3) is 0 Å². The Labute approximate surface area is 181 Å². The number of benzene rings is 2. The fourth-order valence-corrected chi connectivity index (χ4v) is 4.54. The van der Waals surface area contributed by atoms with Crippen molar-refractivity contribution in [3.63, 3.8) is 0 Å². The molecule has 2 saturated heterocycles. The molecule has 0 bridgehead atoms. The third-order valence-corrected chi connectivity index (χ3v) is 6.29. The van der Waals surface area contributed by atoms with Crippen molar-refractivity contribution in [2.45, 2.75) is 24.3 Å². The van der Waals surface area contributed by atoms with Gasteiger partial charge in [-0.2, -0.15) is 0 Å². The SMILES string of the molecule is O=C1NCCN(C(=O)NCC2(c3cccc(Cl)c3)CCOCC2)C1c1ccccc1. The van der Waals surface area contributed by atoms with Crippen LogP contribution in [0, 0.1) is 0 Å². The summed E-state index contributed by atoms with van der Waals surface area (Å²) in [6.07, 6.45) is 1.60. The van der Waals surface area contributed by atoms with Gasteiger partial charge in [0.1, 0.15) is 6.04 Å². The van der Waals surface area contributed by atoms with E-state index in [0.717, 1.165) is 24.0 Å². The van der Waals surface area contributed by atoms with E-state index >= 15 is 0 Å². The van der Waals surface area contributed by atoms with Crippen LogP contribution in [0.4, 0.5) is 4.79 Å². The minimum Gasteiger partial charge on any atom is -0.381 e. The molecule has 6 nitrogen and oxygen atoms in total. The van der Waals surface area contributed by atoms with Gasteiger partial charge in [0.15, 0.2) is 0 Å². The Morgan fingerprint density at radius 3 is 2.67 bits per heavy atom. The standard InChI is InChI=1S/C23H26ClN3O3/c24-19-8-4-7-18(15-19)23(9-13-30-14-10-23)16-26-22(29)27-12-11-25-21(28)20(27)17-5-2-1-3-6-17/h1-8,15,20H,9-14,16H2,(H,25,28)(H,26,29). The summed E-state index contributed by atoms with van der Waals surface area (Å²) in [5.74, 6) is -0.154. The largest absolute Gasteiger partial charge is 0.381 e. The van der Waals surface area contributed by atoms with Gasteiger partial charge < -0.3 is 20.3 Å². The van der Waals surface area contributed by atoms with Crippen molar-refractivity contribution in [1.82, 2.24) is 15.5 Å². The van der Waals surface area contributed by atoms with Crippen molar-refractivity contribution in [1.29, 1.82) is 0 Å². The molecule has 2 N–H and O–H groups in total. The van der Waals surface area contributed by atoms with Gasteiger partial charge in [0.2, 0.25) is 5.91 Å². The van der Waals surface area contributed by atoms with E-state index in [-0.39, 0.29) is 17.4 Å². The summed E-state index contributed by atoms with van der Waals surface area (Å²) in [5, 5.41) is 6.66. The van der Waals surface area contributed by atoms with E-state index in [2.05, 4.69) is 16.7 Å². The average Bonchev–Trinajstić information content (AvgIpc) is 2.78. The second-order valence-corrected chi connectivity index (χ2v) is 8.30. The van der Waals surface area contributed by atoms with E-state index < -0.39 is 6.04 Å². The average molecular weight is 428 g/mol. The lowest BCUT2D eigenvalue weighted by molar-refractivity contribution is -0.127. The molecule has 3 amide bonds. The molecular formula is C23H26ClN3O3. The van der Waals surface area contributed by atoms with E-state index in [0.29, 0.717) is 37.9 Å². The van der Waals surface area contributed by atoms with Crippen LogP contribution in [0.2, 0.25) is 5.02 Å². The maximum absolute atomic E-state index is 13.2. The van der Waals surface area contributed by atoms with Gasteiger partial charge >= 0.3 is 6.03 Å². The molecule has 30 heavy (non-hydrogen) atoms. The Balaban J connectivity index is 1.53. The minimum absolute atomic E-state index is 0.154. The van der Waals surface area contributed by atoms with Crippen molar-refractivity contribution in [2.75, 3.05) is 32.8 Å². The van der Waals surface area contributed by atoms with Crippen LogP contribution in [-0.4, -0.2) is 49.7 Å². The summed E-state index contributed by atoms with van der Waals surface area (Å²) in [7, 11) is 0. The van der Waals surface area contributed by atoms with Crippen LogP contribution in [-0.2, 0) is 14.9 Å². The molecule has 7 heteroatoms. The summed E-state index contributed by atoms with van der Waals surface area (Å²) in [4.78, 5) is 27.4. The lowest BCUT2D eigenvalue weighted by atomic mass is 9.74. The van der Waals surface area contributed by atoms with Gasteiger partial charge in [0, 0.05) is 43.3 Å². The van der Waals surface area contributed by atoms with E-state index in [4.69, 9.17) is 16.3 Å². The Bertz CT molecular complexity index is 900. The molecule has 0 saturated carbocycles. The van der Waals surface area contributed by atoms with Gasteiger partial charge in [-0.3, -0.25) is 4.79 Å². The Hall–Kier alpha value is -2.57. The summed E-state index contributed by atoms with van der Waals surface area (Å²) in [5.41, 5.74) is 1.68. The van der Waals surface area contributed by atoms with Crippen LogP contribution in [0.15, 0.2) is 54.6 Å². The maximum atomic E-state index is 13.2. The molecule has 2 fully saturated rings. The maximum Gasteiger partial charge on any atom is 0.318 e. The zero-order chi connectivity index (χ0) is 21.0. The fourth-order valence-electron chi connectivity index (χ4n) is 4.35. The number of rotatable bonds is 4. The van der Waals surface area contributed by atoms with E-state index in [1.807, 2.05) is 48.5 Å². The highest BCUT2D eigenvalue weighted by Crippen LogP contribution is 2.35. The van der Waals surface area contributed by atoms with Crippen LogP contribution in [0.25, 0.3) is 0 Å². The predicted molar refractivity (Wildman–Crippen MR) is 115 cm³/mol. The molecular weight excluding hydrogens is 402 g/mol. The van der Waals surface area contributed by atoms with Crippen LogP contribution in [0.3, 0.4) is 0 Å². The summed E-state index contributed by atoms with van der Waals surface area (Å²) in [6, 6.07) is 16.4. The molecule has 2 aromatic rings. The number of urea groups is 1. The molecule has 0 aliphatic carbocycles. The summed E-state index contributed by atoms with van der Waals surface area (Å²) in [6.45, 7) is 2.66. The first kappa shape index (κ1) is 20.7.